The second-order valence-corrected chi connectivity index (χ2v) is 7.21. The van der Waals surface area contributed by atoms with Gasteiger partial charge in [0.15, 0.2) is 0 Å². The van der Waals surface area contributed by atoms with Crippen LogP contribution in [0.2, 0.25) is 5.02 Å². The van der Waals surface area contributed by atoms with Gasteiger partial charge in [0.25, 0.3) is 0 Å². The first-order chi connectivity index (χ1) is 13.1. The van der Waals surface area contributed by atoms with Gasteiger partial charge in [-0.05, 0) is 25.0 Å². The summed E-state index contributed by atoms with van der Waals surface area (Å²) < 4.78 is 10.4. The highest BCUT2D eigenvalue weighted by molar-refractivity contribution is 6.32. The number of benzene rings is 1. The minimum Gasteiger partial charge on any atom is -0.466 e. The van der Waals surface area contributed by atoms with Crippen molar-refractivity contribution in [1.29, 1.82) is 0 Å². The lowest BCUT2D eigenvalue weighted by atomic mass is 10.1. The van der Waals surface area contributed by atoms with E-state index >= 15 is 0 Å². The zero-order valence-electron chi connectivity index (χ0n) is 16.5. The summed E-state index contributed by atoms with van der Waals surface area (Å²) in [6.07, 6.45) is 11.9. The van der Waals surface area contributed by atoms with E-state index in [1.807, 2.05) is 0 Å². The van der Waals surface area contributed by atoms with E-state index in [-0.39, 0.29) is 18.8 Å². The molecule has 152 valence electrons. The third-order valence-electron chi connectivity index (χ3n) is 4.33. The van der Waals surface area contributed by atoms with E-state index in [1.165, 1.54) is 44.9 Å². The number of para-hydroxylation sites is 1. The van der Waals surface area contributed by atoms with Crippen LogP contribution in [0.3, 0.4) is 0 Å². The lowest BCUT2D eigenvalue weighted by molar-refractivity contribution is -0.144. The van der Waals surface area contributed by atoms with E-state index in [0.717, 1.165) is 12.8 Å². The van der Waals surface area contributed by atoms with E-state index in [4.69, 9.17) is 21.1 Å². The number of esters is 2. The first-order valence-electron chi connectivity index (χ1n) is 10.2. The van der Waals surface area contributed by atoms with Crippen molar-refractivity contribution < 1.29 is 19.1 Å². The average Bonchev–Trinajstić information content (AvgIpc) is 2.65. The van der Waals surface area contributed by atoms with Gasteiger partial charge in [0.1, 0.15) is 5.75 Å². The minimum absolute atomic E-state index is 0.165. The zero-order chi connectivity index (χ0) is 19.7. The summed E-state index contributed by atoms with van der Waals surface area (Å²) in [7, 11) is 0. The zero-order valence-corrected chi connectivity index (χ0v) is 17.3. The Balaban J connectivity index is 1.95. The minimum atomic E-state index is -0.394. The lowest BCUT2D eigenvalue weighted by Crippen LogP contribution is -2.10. The van der Waals surface area contributed by atoms with Crippen LogP contribution in [0.25, 0.3) is 0 Å². The molecule has 0 heterocycles. The summed E-state index contributed by atoms with van der Waals surface area (Å²) in [5, 5.41) is 0.395. The smallest absolute Gasteiger partial charge is 0.311 e. The van der Waals surface area contributed by atoms with Gasteiger partial charge in [0, 0.05) is 12.8 Å². The largest absolute Gasteiger partial charge is 0.466 e. The van der Waals surface area contributed by atoms with Crippen LogP contribution >= 0.6 is 11.6 Å². The van der Waals surface area contributed by atoms with Gasteiger partial charge in [-0.25, -0.2) is 0 Å². The normalized spacial score (nSPS) is 10.6. The summed E-state index contributed by atoms with van der Waals surface area (Å²) in [5.74, 6) is -0.299. The molecule has 0 saturated carbocycles. The molecule has 4 nitrogen and oxygen atoms in total. The molecule has 0 atom stereocenters. The molecule has 0 amide bonds. The molecule has 0 unspecified atom stereocenters. The molecule has 0 aliphatic heterocycles. The number of halogens is 1. The third kappa shape index (κ3) is 12.5. The number of hydrogen-bond acceptors (Lipinski definition) is 4. The van der Waals surface area contributed by atoms with Crippen molar-refractivity contribution >= 4 is 23.5 Å². The molecule has 1 aromatic rings. The molecule has 0 N–H and O–H groups in total. The van der Waals surface area contributed by atoms with Gasteiger partial charge < -0.3 is 9.47 Å². The van der Waals surface area contributed by atoms with E-state index in [2.05, 4.69) is 6.92 Å². The van der Waals surface area contributed by atoms with E-state index in [1.54, 1.807) is 24.3 Å². The number of rotatable bonds is 15. The Hall–Kier alpha value is -1.55. The molecule has 0 fully saturated rings. The quantitative estimate of drug-likeness (QED) is 0.193. The molecule has 1 rings (SSSR count). The SMILES string of the molecule is CCCCCCCCCCCOC(=O)CCCC(=O)Oc1ccccc1Cl. The molecular weight excluding hydrogens is 364 g/mol. The summed E-state index contributed by atoms with van der Waals surface area (Å²) in [5.41, 5.74) is 0. The molecule has 0 saturated heterocycles. The van der Waals surface area contributed by atoms with E-state index < -0.39 is 5.97 Å². The predicted molar refractivity (Wildman–Crippen MR) is 109 cm³/mol. The van der Waals surface area contributed by atoms with Crippen molar-refractivity contribution in [1.82, 2.24) is 0 Å². The highest BCUT2D eigenvalue weighted by Crippen LogP contribution is 2.23. The molecule has 0 aliphatic carbocycles. The molecule has 27 heavy (non-hydrogen) atoms. The Morgan fingerprint density at radius 1 is 0.815 bits per heavy atom. The third-order valence-corrected chi connectivity index (χ3v) is 4.65. The van der Waals surface area contributed by atoms with Crippen LogP contribution in [-0.4, -0.2) is 18.5 Å². The lowest BCUT2D eigenvalue weighted by Gasteiger charge is -2.06. The van der Waals surface area contributed by atoms with Crippen LogP contribution in [0.1, 0.15) is 84.0 Å². The van der Waals surface area contributed by atoms with Gasteiger partial charge in [0.2, 0.25) is 0 Å². The maximum absolute atomic E-state index is 11.8. The van der Waals surface area contributed by atoms with E-state index in [0.29, 0.717) is 23.8 Å². The van der Waals surface area contributed by atoms with Crippen molar-refractivity contribution in [3.63, 3.8) is 0 Å². The average molecular weight is 397 g/mol. The van der Waals surface area contributed by atoms with Crippen molar-refractivity contribution in [2.45, 2.75) is 84.0 Å². The molecule has 0 aliphatic rings. The first kappa shape index (κ1) is 23.5. The number of unbranched alkanes of at least 4 members (excludes halogenated alkanes) is 8. The highest BCUT2D eigenvalue weighted by atomic mass is 35.5. The standard InChI is InChI=1S/C22H33ClO4/c1-2-3-4-5-6-7-8-9-12-18-26-21(24)16-13-17-22(25)27-20-15-11-10-14-19(20)23/h10-11,14-15H,2-9,12-13,16-18H2,1H3. The van der Waals surface area contributed by atoms with Gasteiger partial charge in [-0.1, -0.05) is 82.0 Å². The summed E-state index contributed by atoms with van der Waals surface area (Å²) in [4.78, 5) is 23.4. The van der Waals surface area contributed by atoms with Gasteiger partial charge in [-0.15, -0.1) is 0 Å². The Kier molecular flexibility index (Phi) is 13.5. The fraction of sp³-hybridized carbons (Fsp3) is 0.636. The predicted octanol–water partition coefficient (Wildman–Crippen LogP) is 6.49. The maximum atomic E-state index is 11.8. The molecule has 0 spiro atoms. The number of hydrogen-bond donors (Lipinski definition) is 0. The highest BCUT2D eigenvalue weighted by Gasteiger charge is 2.10. The number of carbonyl (C=O) groups is 2. The maximum Gasteiger partial charge on any atom is 0.311 e. The topological polar surface area (TPSA) is 52.6 Å². The van der Waals surface area contributed by atoms with Crippen LogP contribution in [-0.2, 0) is 14.3 Å². The van der Waals surface area contributed by atoms with Crippen LogP contribution < -0.4 is 4.74 Å². The second-order valence-electron chi connectivity index (χ2n) is 6.81. The van der Waals surface area contributed by atoms with Crippen LogP contribution in [0.15, 0.2) is 24.3 Å². The van der Waals surface area contributed by atoms with Gasteiger partial charge in [0.05, 0.1) is 11.6 Å². The molecule has 1 aromatic carbocycles. The Morgan fingerprint density at radius 2 is 1.41 bits per heavy atom. The van der Waals surface area contributed by atoms with Crippen molar-refractivity contribution in [3.05, 3.63) is 29.3 Å². The van der Waals surface area contributed by atoms with Crippen LogP contribution in [0, 0.1) is 0 Å². The Morgan fingerprint density at radius 3 is 2.07 bits per heavy atom. The van der Waals surface area contributed by atoms with Crippen molar-refractivity contribution in [2.24, 2.45) is 0 Å². The van der Waals surface area contributed by atoms with Gasteiger partial charge in [-0.3, -0.25) is 9.59 Å². The van der Waals surface area contributed by atoms with Gasteiger partial charge in [-0.2, -0.15) is 0 Å². The Bertz CT molecular complexity index is 545. The summed E-state index contributed by atoms with van der Waals surface area (Å²) in [6.45, 7) is 2.70. The van der Waals surface area contributed by atoms with Crippen molar-refractivity contribution in [2.75, 3.05) is 6.61 Å². The van der Waals surface area contributed by atoms with Crippen LogP contribution in [0.4, 0.5) is 0 Å². The first-order valence-corrected chi connectivity index (χ1v) is 10.6. The number of ether oxygens (including phenoxy) is 2. The van der Waals surface area contributed by atoms with Crippen molar-refractivity contribution in [3.8, 4) is 5.75 Å². The molecule has 0 bridgehead atoms. The van der Waals surface area contributed by atoms with E-state index in [9.17, 15) is 9.59 Å². The summed E-state index contributed by atoms with van der Waals surface area (Å²) in [6, 6.07) is 6.81. The number of carbonyl (C=O) groups excluding carboxylic acids is 2. The van der Waals surface area contributed by atoms with Gasteiger partial charge >= 0.3 is 11.9 Å². The Labute approximate surface area is 168 Å². The van der Waals surface area contributed by atoms with Crippen LogP contribution in [0.5, 0.6) is 5.75 Å². The molecule has 0 aromatic heterocycles. The fourth-order valence-corrected chi connectivity index (χ4v) is 2.92. The molecule has 0 radical (unpaired) electrons. The summed E-state index contributed by atoms with van der Waals surface area (Å²) >= 11 is 5.93. The monoisotopic (exact) mass is 396 g/mol. The second kappa shape index (κ2) is 15.5. The fourth-order valence-electron chi connectivity index (χ4n) is 2.75. The molecular formula is C22H33ClO4. The molecule has 5 heteroatoms.